The van der Waals surface area contributed by atoms with Crippen LogP contribution in [0.25, 0.3) is 0 Å². The Morgan fingerprint density at radius 3 is 2.42 bits per heavy atom. The minimum Gasteiger partial charge on any atom is -0.307 e. The van der Waals surface area contributed by atoms with Crippen molar-refractivity contribution >= 4 is 0 Å². The first kappa shape index (κ1) is 13.6. The van der Waals surface area contributed by atoms with Crippen molar-refractivity contribution in [3.05, 3.63) is 65.0 Å². The molecule has 2 aromatic rings. The van der Waals surface area contributed by atoms with Crippen molar-refractivity contribution < 1.29 is 8.78 Å². The van der Waals surface area contributed by atoms with Gasteiger partial charge in [-0.2, -0.15) is 0 Å². The molecule has 0 bridgehead atoms. The number of aromatic nitrogens is 1. The standard InChI is InChI=1S/C15H16F2N2/c1-11-3-2-4-14(19-11)10-18-9-12-5-7-13(8-6-12)15(16)17/h2-8,15,18H,9-10H2,1H3. The van der Waals surface area contributed by atoms with Gasteiger partial charge in [0.15, 0.2) is 0 Å². The highest BCUT2D eigenvalue weighted by Crippen LogP contribution is 2.18. The SMILES string of the molecule is Cc1cccc(CNCc2ccc(C(F)F)cc2)n1. The maximum Gasteiger partial charge on any atom is 0.263 e. The zero-order chi connectivity index (χ0) is 13.7. The maximum absolute atomic E-state index is 12.4. The molecule has 0 radical (unpaired) electrons. The normalized spacial score (nSPS) is 10.9. The number of benzene rings is 1. The van der Waals surface area contributed by atoms with Gasteiger partial charge in [-0.15, -0.1) is 0 Å². The van der Waals surface area contributed by atoms with Crippen LogP contribution in [0.15, 0.2) is 42.5 Å². The number of rotatable bonds is 5. The zero-order valence-electron chi connectivity index (χ0n) is 10.7. The average Bonchev–Trinajstić information content (AvgIpc) is 2.39. The first-order valence-electron chi connectivity index (χ1n) is 6.15. The zero-order valence-corrected chi connectivity index (χ0v) is 10.7. The number of nitrogens with one attached hydrogen (secondary N) is 1. The predicted octanol–water partition coefficient (Wildman–Crippen LogP) is 3.62. The first-order chi connectivity index (χ1) is 9.15. The Morgan fingerprint density at radius 1 is 1.05 bits per heavy atom. The number of aryl methyl sites for hydroxylation is 1. The largest absolute Gasteiger partial charge is 0.307 e. The molecule has 0 atom stereocenters. The molecule has 0 aliphatic heterocycles. The van der Waals surface area contributed by atoms with Crippen LogP contribution < -0.4 is 5.32 Å². The summed E-state index contributed by atoms with van der Waals surface area (Å²) in [4.78, 5) is 4.38. The number of hydrogen-bond acceptors (Lipinski definition) is 2. The van der Waals surface area contributed by atoms with Crippen LogP contribution in [0.1, 0.15) is 28.9 Å². The van der Waals surface area contributed by atoms with E-state index in [1.807, 2.05) is 25.1 Å². The van der Waals surface area contributed by atoms with Gasteiger partial charge < -0.3 is 5.32 Å². The molecule has 0 saturated heterocycles. The first-order valence-corrected chi connectivity index (χ1v) is 6.15. The summed E-state index contributed by atoms with van der Waals surface area (Å²) >= 11 is 0. The van der Waals surface area contributed by atoms with Crippen molar-refractivity contribution in [2.45, 2.75) is 26.4 Å². The molecule has 0 saturated carbocycles. The molecule has 2 rings (SSSR count). The monoisotopic (exact) mass is 262 g/mol. The van der Waals surface area contributed by atoms with Crippen molar-refractivity contribution in [2.75, 3.05) is 0 Å². The molecule has 100 valence electrons. The summed E-state index contributed by atoms with van der Waals surface area (Å²) in [5, 5.41) is 3.24. The molecule has 0 aliphatic carbocycles. The van der Waals surface area contributed by atoms with Crippen molar-refractivity contribution in [1.29, 1.82) is 0 Å². The van der Waals surface area contributed by atoms with E-state index in [4.69, 9.17) is 0 Å². The molecule has 4 heteroatoms. The number of hydrogen-bond donors (Lipinski definition) is 1. The Bertz CT molecular complexity index is 524. The van der Waals surface area contributed by atoms with Crippen LogP contribution in [0.4, 0.5) is 8.78 Å². The van der Waals surface area contributed by atoms with Gasteiger partial charge in [-0.05, 0) is 24.6 Å². The second-order valence-corrected chi connectivity index (χ2v) is 4.42. The molecule has 0 unspecified atom stereocenters. The Kier molecular flexibility index (Phi) is 4.58. The third kappa shape index (κ3) is 4.10. The van der Waals surface area contributed by atoms with Gasteiger partial charge in [0.1, 0.15) is 0 Å². The molecule has 1 N–H and O–H groups in total. The second-order valence-electron chi connectivity index (χ2n) is 4.42. The average molecular weight is 262 g/mol. The maximum atomic E-state index is 12.4. The number of halogens is 2. The Balaban J connectivity index is 1.85. The summed E-state index contributed by atoms with van der Waals surface area (Å²) in [5.74, 6) is 0. The highest BCUT2D eigenvalue weighted by atomic mass is 19.3. The van der Waals surface area contributed by atoms with E-state index in [0.29, 0.717) is 13.1 Å². The topological polar surface area (TPSA) is 24.9 Å². The van der Waals surface area contributed by atoms with Crippen LogP contribution in [-0.4, -0.2) is 4.98 Å². The van der Waals surface area contributed by atoms with Gasteiger partial charge in [0.05, 0.1) is 5.69 Å². The van der Waals surface area contributed by atoms with Gasteiger partial charge in [0.25, 0.3) is 6.43 Å². The van der Waals surface area contributed by atoms with E-state index in [-0.39, 0.29) is 5.56 Å². The van der Waals surface area contributed by atoms with Gasteiger partial charge in [-0.25, -0.2) is 8.78 Å². The number of pyridine rings is 1. The molecular weight excluding hydrogens is 246 g/mol. The number of alkyl halides is 2. The molecule has 1 heterocycles. The third-order valence-corrected chi connectivity index (χ3v) is 2.81. The lowest BCUT2D eigenvalue weighted by molar-refractivity contribution is 0.151. The van der Waals surface area contributed by atoms with E-state index in [1.165, 1.54) is 12.1 Å². The lowest BCUT2D eigenvalue weighted by Crippen LogP contribution is -2.13. The van der Waals surface area contributed by atoms with Gasteiger partial charge in [0.2, 0.25) is 0 Å². The number of nitrogens with zero attached hydrogens (tertiary/aromatic N) is 1. The fourth-order valence-corrected chi connectivity index (χ4v) is 1.81. The van der Waals surface area contributed by atoms with Gasteiger partial charge in [0, 0.05) is 24.3 Å². The third-order valence-electron chi connectivity index (χ3n) is 2.81. The minimum absolute atomic E-state index is 0.0594. The van der Waals surface area contributed by atoms with Crippen molar-refractivity contribution in [2.24, 2.45) is 0 Å². The quantitative estimate of drug-likeness (QED) is 0.890. The van der Waals surface area contributed by atoms with E-state index in [9.17, 15) is 8.78 Å². The lowest BCUT2D eigenvalue weighted by Gasteiger charge is -2.06. The van der Waals surface area contributed by atoms with Crippen molar-refractivity contribution in [3.8, 4) is 0 Å². The molecule has 0 aliphatic rings. The highest BCUT2D eigenvalue weighted by Gasteiger charge is 2.05. The Morgan fingerprint density at radius 2 is 1.79 bits per heavy atom. The minimum atomic E-state index is -2.40. The molecule has 0 spiro atoms. The van der Waals surface area contributed by atoms with E-state index >= 15 is 0 Å². The molecule has 19 heavy (non-hydrogen) atoms. The highest BCUT2D eigenvalue weighted by molar-refractivity contribution is 5.23. The fraction of sp³-hybridized carbons (Fsp3) is 0.267. The van der Waals surface area contributed by atoms with Crippen LogP contribution in [-0.2, 0) is 13.1 Å². The van der Waals surface area contributed by atoms with E-state index in [0.717, 1.165) is 17.0 Å². The molecule has 1 aromatic carbocycles. The van der Waals surface area contributed by atoms with E-state index in [1.54, 1.807) is 12.1 Å². The van der Waals surface area contributed by atoms with Gasteiger partial charge >= 0.3 is 0 Å². The summed E-state index contributed by atoms with van der Waals surface area (Å²) in [6.45, 7) is 3.25. The Hall–Kier alpha value is -1.81. The van der Waals surface area contributed by atoms with Crippen LogP contribution in [0, 0.1) is 6.92 Å². The Labute approximate surface area is 111 Å². The van der Waals surface area contributed by atoms with E-state index in [2.05, 4.69) is 10.3 Å². The smallest absolute Gasteiger partial charge is 0.263 e. The summed E-state index contributed by atoms with van der Waals surface area (Å²) in [6.07, 6.45) is -2.40. The molecule has 0 fully saturated rings. The summed E-state index contributed by atoms with van der Waals surface area (Å²) in [5.41, 5.74) is 3.01. The van der Waals surface area contributed by atoms with Crippen LogP contribution in [0.5, 0.6) is 0 Å². The van der Waals surface area contributed by atoms with Gasteiger partial charge in [-0.3, -0.25) is 4.98 Å². The van der Waals surface area contributed by atoms with Gasteiger partial charge in [-0.1, -0.05) is 30.3 Å². The second kappa shape index (κ2) is 6.38. The molecule has 0 amide bonds. The van der Waals surface area contributed by atoms with Crippen molar-refractivity contribution in [1.82, 2.24) is 10.3 Å². The summed E-state index contributed by atoms with van der Waals surface area (Å²) < 4.78 is 24.8. The molecule has 2 nitrogen and oxygen atoms in total. The fourth-order valence-electron chi connectivity index (χ4n) is 1.81. The predicted molar refractivity (Wildman–Crippen MR) is 70.9 cm³/mol. The lowest BCUT2D eigenvalue weighted by atomic mass is 10.1. The summed E-state index contributed by atoms with van der Waals surface area (Å²) in [7, 11) is 0. The van der Waals surface area contributed by atoms with Crippen LogP contribution >= 0.6 is 0 Å². The van der Waals surface area contributed by atoms with Crippen molar-refractivity contribution in [3.63, 3.8) is 0 Å². The van der Waals surface area contributed by atoms with Crippen LogP contribution in [0.2, 0.25) is 0 Å². The van der Waals surface area contributed by atoms with Crippen LogP contribution in [0.3, 0.4) is 0 Å². The van der Waals surface area contributed by atoms with E-state index < -0.39 is 6.43 Å². The summed E-state index contributed by atoms with van der Waals surface area (Å²) in [6, 6.07) is 12.2. The molecular formula is C15H16F2N2. The molecule has 1 aromatic heterocycles.